The van der Waals surface area contributed by atoms with Crippen LogP contribution in [0.15, 0.2) is 42.6 Å². The zero-order chi connectivity index (χ0) is 18.3. The highest BCUT2D eigenvalue weighted by molar-refractivity contribution is 5.89. The summed E-state index contributed by atoms with van der Waals surface area (Å²) < 4.78 is 45.7. The van der Waals surface area contributed by atoms with Gasteiger partial charge in [0.2, 0.25) is 5.88 Å². The number of hydrogen-bond donors (Lipinski definition) is 2. The van der Waals surface area contributed by atoms with E-state index in [1.807, 2.05) is 0 Å². The fourth-order valence-electron chi connectivity index (χ4n) is 1.79. The van der Waals surface area contributed by atoms with Crippen LogP contribution in [0, 0.1) is 0 Å². The molecule has 0 spiro atoms. The Morgan fingerprint density at radius 2 is 1.88 bits per heavy atom. The molecule has 0 aliphatic heterocycles. The molecule has 0 radical (unpaired) electrons. The average Bonchev–Trinajstić information content (AvgIpc) is 2.59. The molecule has 0 saturated carbocycles. The van der Waals surface area contributed by atoms with Gasteiger partial charge in [0.05, 0.1) is 7.11 Å². The van der Waals surface area contributed by atoms with E-state index in [-0.39, 0.29) is 12.3 Å². The van der Waals surface area contributed by atoms with Crippen molar-refractivity contribution in [3.05, 3.63) is 48.2 Å². The lowest BCUT2D eigenvalue weighted by Gasteiger charge is -2.10. The summed E-state index contributed by atoms with van der Waals surface area (Å²) in [4.78, 5) is 15.8. The number of nitrogens with one attached hydrogen (secondary N) is 2. The first-order valence-electron chi connectivity index (χ1n) is 7.19. The number of hydrogen-bond acceptors (Lipinski definition) is 4. The highest BCUT2D eigenvalue weighted by atomic mass is 19.4. The Morgan fingerprint density at radius 3 is 2.44 bits per heavy atom. The number of amides is 2. The van der Waals surface area contributed by atoms with E-state index >= 15 is 0 Å². The number of methoxy groups -OCH3 is 1. The highest BCUT2D eigenvalue weighted by Gasteiger charge is 2.28. The minimum Gasteiger partial charge on any atom is -0.484 e. The number of urea groups is 1. The van der Waals surface area contributed by atoms with Gasteiger partial charge >= 0.3 is 12.2 Å². The fraction of sp³-hybridized carbons (Fsp3) is 0.250. The summed E-state index contributed by atoms with van der Waals surface area (Å²) >= 11 is 0. The summed E-state index contributed by atoms with van der Waals surface area (Å²) in [6, 6.07) is 8.55. The number of anilines is 1. The SMILES string of the molecule is COc1ccc(CNC(=O)Nc2ccc(OCC(F)(F)F)cc2)cn1. The first-order valence-corrected chi connectivity index (χ1v) is 7.19. The molecule has 0 saturated heterocycles. The Bertz CT molecular complexity index is 689. The zero-order valence-corrected chi connectivity index (χ0v) is 13.3. The number of alkyl halides is 3. The van der Waals surface area contributed by atoms with E-state index in [1.54, 1.807) is 18.3 Å². The summed E-state index contributed by atoms with van der Waals surface area (Å²) in [7, 11) is 1.51. The van der Waals surface area contributed by atoms with Crippen LogP contribution in [-0.2, 0) is 6.54 Å². The fourth-order valence-corrected chi connectivity index (χ4v) is 1.79. The number of benzene rings is 1. The van der Waals surface area contributed by atoms with Crippen molar-refractivity contribution >= 4 is 11.7 Å². The van der Waals surface area contributed by atoms with Gasteiger partial charge in [-0.05, 0) is 29.8 Å². The van der Waals surface area contributed by atoms with Gasteiger partial charge < -0.3 is 20.1 Å². The first-order chi connectivity index (χ1) is 11.9. The third kappa shape index (κ3) is 6.58. The Morgan fingerprint density at radius 1 is 1.16 bits per heavy atom. The van der Waals surface area contributed by atoms with E-state index in [4.69, 9.17) is 4.74 Å². The number of halogens is 3. The second-order valence-corrected chi connectivity index (χ2v) is 4.94. The van der Waals surface area contributed by atoms with E-state index in [9.17, 15) is 18.0 Å². The summed E-state index contributed by atoms with van der Waals surface area (Å²) in [6.07, 6.45) is -2.82. The number of carbonyl (C=O) groups is 1. The molecule has 1 aromatic carbocycles. The van der Waals surface area contributed by atoms with Gasteiger partial charge in [-0.15, -0.1) is 0 Å². The maximum absolute atomic E-state index is 12.1. The van der Waals surface area contributed by atoms with Crippen molar-refractivity contribution < 1.29 is 27.4 Å². The molecule has 0 aliphatic carbocycles. The molecule has 2 N–H and O–H groups in total. The molecular formula is C16H16F3N3O3. The molecule has 0 unspecified atom stereocenters. The number of nitrogens with zero attached hydrogens (tertiary/aromatic N) is 1. The second kappa shape index (κ2) is 8.22. The normalized spacial score (nSPS) is 10.9. The molecule has 0 aliphatic rings. The van der Waals surface area contributed by atoms with Crippen molar-refractivity contribution in [2.75, 3.05) is 19.0 Å². The standard InChI is InChI=1S/C16H16F3N3O3/c1-24-14-7-2-11(8-20-14)9-21-15(23)22-12-3-5-13(6-4-12)25-10-16(17,18)19/h2-8H,9-10H2,1H3,(H2,21,22,23). The predicted molar refractivity (Wildman–Crippen MR) is 84.6 cm³/mol. The van der Waals surface area contributed by atoms with Crippen LogP contribution in [0.2, 0.25) is 0 Å². The van der Waals surface area contributed by atoms with Crippen molar-refractivity contribution in [3.63, 3.8) is 0 Å². The highest BCUT2D eigenvalue weighted by Crippen LogP contribution is 2.20. The molecular weight excluding hydrogens is 339 g/mol. The molecule has 0 bridgehead atoms. The lowest BCUT2D eigenvalue weighted by Crippen LogP contribution is -2.28. The summed E-state index contributed by atoms with van der Waals surface area (Å²) in [5.41, 5.74) is 1.21. The summed E-state index contributed by atoms with van der Waals surface area (Å²) in [6.45, 7) is -1.11. The van der Waals surface area contributed by atoms with Crippen LogP contribution < -0.4 is 20.1 Å². The number of ether oxygens (including phenoxy) is 2. The van der Waals surface area contributed by atoms with Crippen LogP contribution in [0.5, 0.6) is 11.6 Å². The largest absolute Gasteiger partial charge is 0.484 e. The molecule has 0 atom stereocenters. The molecule has 1 heterocycles. The third-order valence-corrected chi connectivity index (χ3v) is 2.97. The molecule has 0 fully saturated rings. The monoisotopic (exact) mass is 355 g/mol. The van der Waals surface area contributed by atoms with Crippen molar-refractivity contribution in [3.8, 4) is 11.6 Å². The predicted octanol–water partition coefficient (Wildman–Crippen LogP) is 3.35. The van der Waals surface area contributed by atoms with Crippen molar-refractivity contribution in [2.45, 2.75) is 12.7 Å². The van der Waals surface area contributed by atoms with Crippen LogP contribution in [0.3, 0.4) is 0 Å². The molecule has 25 heavy (non-hydrogen) atoms. The van der Waals surface area contributed by atoms with Gasteiger partial charge in [-0.25, -0.2) is 9.78 Å². The molecule has 2 aromatic rings. The smallest absolute Gasteiger partial charge is 0.422 e. The van der Waals surface area contributed by atoms with Gasteiger partial charge in [0.25, 0.3) is 0 Å². The number of aromatic nitrogens is 1. The van der Waals surface area contributed by atoms with Gasteiger partial charge in [0.15, 0.2) is 6.61 Å². The van der Waals surface area contributed by atoms with E-state index < -0.39 is 18.8 Å². The molecule has 6 nitrogen and oxygen atoms in total. The Kier molecular flexibility index (Phi) is 6.04. The summed E-state index contributed by atoms with van der Waals surface area (Å²) in [5, 5.41) is 5.20. The Labute approximate surface area is 142 Å². The van der Waals surface area contributed by atoms with Crippen molar-refractivity contribution in [2.24, 2.45) is 0 Å². The van der Waals surface area contributed by atoms with Crippen LogP contribution in [-0.4, -0.2) is 30.9 Å². The molecule has 1 aromatic heterocycles. The Hall–Kier alpha value is -2.97. The van der Waals surface area contributed by atoms with Gasteiger partial charge in [0.1, 0.15) is 5.75 Å². The number of rotatable bonds is 6. The maximum atomic E-state index is 12.1. The molecule has 2 amide bonds. The van der Waals surface area contributed by atoms with Crippen LogP contribution >= 0.6 is 0 Å². The van der Waals surface area contributed by atoms with Gasteiger partial charge in [-0.2, -0.15) is 13.2 Å². The minimum absolute atomic E-state index is 0.0626. The maximum Gasteiger partial charge on any atom is 0.422 e. The first kappa shape index (κ1) is 18.4. The van der Waals surface area contributed by atoms with E-state index in [0.29, 0.717) is 11.6 Å². The quantitative estimate of drug-likeness (QED) is 0.834. The molecule has 2 rings (SSSR count). The molecule has 134 valence electrons. The van der Waals surface area contributed by atoms with Crippen LogP contribution in [0.4, 0.5) is 23.7 Å². The lowest BCUT2D eigenvalue weighted by atomic mass is 10.3. The topological polar surface area (TPSA) is 72.5 Å². The van der Waals surface area contributed by atoms with E-state index in [1.165, 1.54) is 31.4 Å². The molecule has 9 heteroatoms. The lowest BCUT2D eigenvalue weighted by molar-refractivity contribution is -0.153. The summed E-state index contributed by atoms with van der Waals surface area (Å²) in [5.74, 6) is 0.536. The van der Waals surface area contributed by atoms with E-state index in [2.05, 4.69) is 20.4 Å². The van der Waals surface area contributed by atoms with E-state index in [0.717, 1.165) is 5.56 Å². The zero-order valence-electron chi connectivity index (χ0n) is 13.3. The van der Waals surface area contributed by atoms with Crippen LogP contribution in [0.25, 0.3) is 0 Å². The second-order valence-electron chi connectivity index (χ2n) is 4.94. The average molecular weight is 355 g/mol. The minimum atomic E-state index is -4.40. The van der Waals surface area contributed by atoms with Gasteiger partial charge in [-0.3, -0.25) is 0 Å². The number of carbonyl (C=O) groups excluding carboxylic acids is 1. The Balaban J connectivity index is 1.79. The van der Waals surface area contributed by atoms with Crippen molar-refractivity contribution in [1.82, 2.24) is 10.3 Å². The van der Waals surface area contributed by atoms with Crippen molar-refractivity contribution in [1.29, 1.82) is 0 Å². The van der Waals surface area contributed by atoms with Gasteiger partial charge in [0, 0.05) is 24.5 Å². The number of pyridine rings is 1. The van der Waals surface area contributed by atoms with Gasteiger partial charge in [-0.1, -0.05) is 6.07 Å². The van der Waals surface area contributed by atoms with Crippen LogP contribution in [0.1, 0.15) is 5.56 Å². The third-order valence-electron chi connectivity index (χ3n) is 2.97.